The van der Waals surface area contributed by atoms with Crippen molar-refractivity contribution >= 4 is 21.7 Å². The number of pyridine rings is 1. The van der Waals surface area contributed by atoms with Crippen LogP contribution in [0.5, 0.6) is 0 Å². The summed E-state index contributed by atoms with van der Waals surface area (Å²) in [4.78, 5) is 16.6. The van der Waals surface area contributed by atoms with Crippen LogP contribution < -0.4 is 0 Å². The first-order valence-corrected chi connectivity index (χ1v) is 7.00. The summed E-state index contributed by atoms with van der Waals surface area (Å²) < 4.78 is 6.36. The van der Waals surface area contributed by atoms with E-state index in [1.807, 2.05) is 38.1 Å². The lowest BCUT2D eigenvalue weighted by Crippen LogP contribution is -2.42. The number of nitriles is 1. The molecular formula is C15H15BrN2O2. The molecule has 1 aliphatic rings. The Labute approximate surface area is 126 Å². The summed E-state index contributed by atoms with van der Waals surface area (Å²) in [5.41, 5.74) is -0.709. The number of aromatic nitrogens is 1. The number of allylic oxidation sites excluding steroid dienone is 1. The summed E-state index contributed by atoms with van der Waals surface area (Å²) >= 11 is 3.34. The van der Waals surface area contributed by atoms with Crippen molar-refractivity contribution in [1.82, 2.24) is 4.98 Å². The molecule has 0 amide bonds. The zero-order valence-corrected chi connectivity index (χ0v) is 13.2. The highest BCUT2D eigenvalue weighted by atomic mass is 79.9. The van der Waals surface area contributed by atoms with Crippen molar-refractivity contribution in [3.05, 3.63) is 40.1 Å². The van der Waals surface area contributed by atoms with Gasteiger partial charge >= 0.3 is 0 Å². The van der Waals surface area contributed by atoms with Gasteiger partial charge < -0.3 is 4.74 Å². The van der Waals surface area contributed by atoms with Gasteiger partial charge in [-0.2, -0.15) is 5.26 Å². The molecule has 0 aromatic carbocycles. The average Bonchev–Trinajstić information content (AvgIpc) is 2.41. The number of rotatable bonds is 2. The van der Waals surface area contributed by atoms with Crippen molar-refractivity contribution < 1.29 is 9.53 Å². The molecule has 2 rings (SSSR count). The van der Waals surface area contributed by atoms with Crippen LogP contribution in [0.15, 0.2) is 34.5 Å². The van der Waals surface area contributed by atoms with Gasteiger partial charge in [0.15, 0.2) is 5.78 Å². The van der Waals surface area contributed by atoms with Crippen molar-refractivity contribution in [2.24, 2.45) is 5.41 Å². The molecule has 0 saturated carbocycles. The molecule has 1 atom stereocenters. The Kier molecular flexibility index (Phi) is 3.81. The SMILES string of the molecule is COC1(c2cccc(Br)n2)C=C(C#N)C(=O)C(C)(C)C1. The fraction of sp³-hybridized carbons (Fsp3) is 0.400. The second-order valence-corrected chi connectivity index (χ2v) is 6.31. The van der Waals surface area contributed by atoms with E-state index in [9.17, 15) is 10.1 Å². The van der Waals surface area contributed by atoms with E-state index in [4.69, 9.17) is 4.74 Å². The van der Waals surface area contributed by atoms with E-state index in [1.54, 1.807) is 13.2 Å². The van der Waals surface area contributed by atoms with E-state index in [-0.39, 0.29) is 11.4 Å². The smallest absolute Gasteiger partial charge is 0.178 e. The molecule has 1 aromatic rings. The molecule has 0 N–H and O–H groups in total. The number of carbonyl (C=O) groups is 1. The number of hydrogen-bond acceptors (Lipinski definition) is 4. The summed E-state index contributed by atoms with van der Waals surface area (Å²) in [7, 11) is 1.57. The molecule has 4 nitrogen and oxygen atoms in total. The predicted molar refractivity (Wildman–Crippen MR) is 77.7 cm³/mol. The van der Waals surface area contributed by atoms with Crippen molar-refractivity contribution in [3.63, 3.8) is 0 Å². The van der Waals surface area contributed by atoms with E-state index in [0.29, 0.717) is 16.7 Å². The highest BCUT2D eigenvalue weighted by molar-refractivity contribution is 9.10. The number of Topliss-reactive ketones (excluding diaryl/α,β-unsaturated/α-hetero) is 1. The molecule has 1 aliphatic carbocycles. The van der Waals surface area contributed by atoms with Crippen LogP contribution >= 0.6 is 15.9 Å². The van der Waals surface area contributed by atoms with Crippen molar-refractivity contribution in [1.29, 1.82) is 5.26 Å². The lowest BCUT2D eigenvalue weighted by atomic mass is 9.68. The third-order valence-electron chi connectivity index (χ3n) is 3.57. The van der Waals surface area contributed by atoms with Crippen LogP contribution in [-0.2, 0) is 15.1 Å². The van der Waals surface area contributed by atoms with Crippen LogP contribution in [0.4, 0.5) is 0 Å². The quantitative estimate of drug-likeness (QED) is 0.779. The minimum Gasteiger partial charge on any atom is -0.368 e. The lowest BCUT2D eigenvalue weighted by molar-refractivity contribution is -0.128. The molecule has 1 heterocycles. The van der Waals surface area contributed by atoms with E-state index in [1.165, 1.54) is 0 Å². The van der Waals surface area contributed by atoms with Crippen LogP contribution in [0, 0.1) is 16.7 Å². The number of methoxy groups -OCH3 is 1. The predicted octanol–water partition coefficient (Wildman–Crippen LogP) is 3.13. The highest BCUT2D eigenvalue weighted by Gasteiger charge is 2.47. The van der Waals surface area contributed by atoms with Gasteiger partial charge in [-0.1, -0.05) is 19.9 Å². The summed E-state index contributed by atoms with van der Waals surface area (Å²) in [5, 5.41) is 9.20. The largest absolute Gasteiger partial charge is 0.368 e. The van der Waals surface area contributed by atoms with Crippen LogP contribution in [0.2, 0.25) is 0 Å². The Morgan fingerprint density at radius 3 is 2.70 bits per heavy atom. The zero-order chi connectivity index (χ0) is 15.0. The van der Waals surface area contributed by atoms with Crippen LogP contribution in [0.3, 0.4) is 0 Å². The number of nitrogens with zero attached hydrogens (tertiary/aromatic N) is 2. The molecule has 0 spiro atoms. The maximum atomic E-state index is 12.2. The van der Waals surface area contributed by atoms with Gasteiger partial charge in [0.1, 0.15) is 16.3 Å². The fourth-order valence-electron chi connectivity index (χ4n) is 2.58. The molecule has 5 heteroatoms. The molecule has 1 unspecified atom stereocenters. The Bertz CT molecular complexity index is 631. The van der Waals surface area contributed by atoms with Gasteiger partial charge in [-0.25, -0.2) is 4.98 Å². The molecule has 0 fully saturated rings. The van der Waals surface area contributed by atoms with E-state index < -0.39 is 11.0 Å². The van der Waals surface area contributed by atoms with Gasteiger partial charge in [0.25, 0.3) is 0 Å². The van der Waals surface area contributed by atoms with Crippen LogP contribution in [-0.4, -0.2) is 17.9 Å². The van der Waals surface area contributed by atoms with Crippen LogP contribution in [0.1, 0.15) is 26.0 Å². The van der Waals surface area contributed by atoms with Crippen LogP contribution in [0.25, 0.3) is 0 Å². The summed E-state index contributed by atoms with van der Waals surface area (Å²) in [6, 6.07) is 7.49. The molecule has 20 heavy (non-hydrogen) atoms. The highest BCUT2D eigenvalue weighted by Crippen LogP contribution is 2.44. The van der Waals surface area contributed by atoms with Gasteiger partial charge in [-0.05, 0) is 40.6 Å². The average molecular weight is 335 g/mol. The molecule has 0 radical (unpaired) electrons. The summed E-state index contributed by atoms with van der Waals surface area (Å²) in [6.45, 7) is 3.65. The van der Waals surface area contributed by atoms with Gasteiger partial charge in [0, 0.05) is 12.5 Å². The monoisotopic (exact) mass is 334 g/mol. The first kappa shape index (κ1) is 14.9. The fourth-order valence-corrected chi connectivity index (χ4v) is 2.92. The number of hydrogen-bond donors (Lipinski definition) is 0. The molecule has 0 bridgehead atoms. The maximum Gasteiger partial charge on any atom is 0.178 e. The van der Waals surface area contributed by atoms with Crippen molar-refractivity contribution in [3.8, 4) is 6.07 Å². The summed E-state index contributed by atoms with van der Waals surface area (Å²) in [6.07, 6.45) is 2.04. The Morgan fingerprint density at radius 2 is 2.15 bits per heavy atom. The summed E-state index contributed by atoms with van der Waals surface area (Å²) in [5.74, 6) is -0.150. The van der Waals surface area contributed by atoms with Gasteiger partial charge in [-0.15, -0.1) is 0 Å². The topological polar surface area (TPSA) is 63.0 Å². The Morgan fingerprint density at radius 1 is 1.45 bits per heavy atom. The first-order valence-electron chi connectivity index (χ1n) is 6.20. The number of ketones is 1. The first-order chi connectivity index (χ1) is 9.34. The number of carbonyl (C=O) groups excluding carboxylic acids is 1. The molecule has 0 aliphatic heterocycles. The minimum atomic E-state index is -0.855. The van der Waals surface area contributed by atoms with Gasteiger partial charge in [0.05, 0.1) is 11.3 Å². The normalized spacial score (nSPS) is 24.9. The lowest BCUT2D eigenvalue weighted by Gasteiger charge is -2.39. The molecular weight excluding hydrogens is 320 g/mol. The van der Waals surface area contributed by atoms with Crippen molar-refractivity contribution in [2.45, 2.75) is 25.9 Å². The standard InChI is InChI=1S/C15H15BrN2O2/c1-14(2)9-15(20-3,7-10(8-17)13(14)19)11-5-4-6-12(16)18-11/h4-7H,9H2,1-3H3. The second kappa shape index (κ2) is 5.12. The van der Waals surface area contributed by atoms with E-state index in [2.05, 4.69) is 20.9 Å². The third-order valence-corrected chi connectivity index (χ3v) is 4.02. The van der Waals surface area contributed by atoms with Crippen molar-refractivity contribution in [2.75, 3.05) is 7.11 Å². The minimum absolute atomic E-state index is 0.130. The molecule has 104 valence electrons. The van der Waals surface area contributed by atoms with E-state index in [0.717, 1.165) is 0 Å². The Balaban J connectivity index is 2.64. The Hall–Kier alpha value is -1.51. The molecule has 0 saturated heterocycles. The molecule has 1 aromatic heterocycles. The van der Waals surface area contributed by atoms with Gasteiger partial charge in [-0.3, -0.25) is 4.79 Å². The zero-order valence-electron chi connectivity index (χ0n) is 11.6. The van der Waals surface area contributed by atoms with E-state index >= 15 is 0 Å². The maximum absolute atomic E-state index is 12.2. The second-order valence-electron chi connectivity index (χ2n) is 5.50. The number of halogens is 1. The third kappa shape index (κ3) is 2.41. The number of ether oxygens (including phenoxy) is 1. The van der Waals surface area contributed by atoms with Gasteiger partial charge in [0.2, 0.25) is 0 Å².